The predicted molar refractivity (Wildman–Crippen MR) is 84.3 cm³/mol. The van der Waals surface area contributed by atoms with Gasteiger partial charge in [-0.25, -0.2) is 0 Å². The number of hydrogen-bond acceptors (Lipinski definition) is 2. The van der Waals surface area contributed by atoms with Gasteiger partial charge in [-0.2, -0.15) is 0 Å². The lowest BCUT2D eigenvalue weighted by molar-refractivity contribution is 0.301. The van der Waals surface area contributed by atoms with Gasteiger partial charge in [0.05, 0.1) is 0 Å². The number of rotatable bonds is 4. The van der Waals surface area contributed by atoms with Crippen LogP contribution in [0.15, 0.2) is 36.4 Å². The van der Waals surface area contributed by atoms with Crippen LogP contribution in [0, 0.1) is 13.8 Å². The molecule has 0 amide bonds. The first-order valence-corrected chi connectivity index (χ1v) is 7.09. The van der Waals surface area contributed by atoms with Crippen LogP contribution in [0.2, 0.25) is 5.02 Å². The van der Waals surface area contributed by atoms with Gasteiger partial charge in [0.15, 0.2) is 0 Å². The summed E-state index contributed by atoms with van der Waals surface area (Å²) in [6, 6.07) is 12.0. The molecule has 0 spiro atoms. The lowest BCUT2D eigenvalue weighted by Gasteiger charge is -2.15. The topological polar surface area (TPSA) is 35.2 Å². The van der Waals surface area contributed by atoms with E-state index in [1.807, 2.05) is 51.1 Å². The minimum Gasteiger partial charge on any atom is -0.489 e. The molecule has 2 nitrogen and oxygen atoms in total. The van der Waals surface area contributed by atoms with Crippen molar-refractivity contribution in [1.29, 1.82) is 0 Å². The van der Waals surface area contributed by atoms with Crippen molar-refractivity contribution in [1.82, 2.24) is 0 Å². The summed E-state index contributed by atoms with van der Waals surface area (Å²) >= 11 is 6.22. The van der Waals surface area contributed by atoms with E-state index in [-0.39, 0.29) is 6.04 Å². The molecule has 2 rings (SSSR count). The van der Waals surface area contributed by atoms with Crippen molar-refractivity contribution >= 4 is 11.6 Å². The van der Waals surface area contributed by atoms with Crippen LogP contribution in [0.5, 0.6) is 5.75 Å². The highest BCUT2D eigenvalue weighted by atomic mass is 35.5. The Morgan fingerprint density at radius 1 is 1.10 bits per heavy atom. The molecular formula is C17H20ClNO. The summed E-state index contributed by atoms with van der Waals surface area (Å²) in [7, 11) is 0. The number of nitrogens with two attached hydrogens (primary N) is 1. The number of halogens is 1. The van der Waals surface area contributed by atoms with Crippen molar-refractivity contribution in [2.45, 2.75) is 33.4 Å². The molecule has 0 aromatic heterocycles. The van der Waals surface area contributed by atoms with E-state index in [1.165, 1.54) is 5.56 Å². The first kappa shape index (κ1) is 14.9. The third-order valence-electron chi connectivity index (χ3n) is 3.25. The van der Waals surface area contributed by atoms with Gasteiger partial charge in [-0.05, 0) is 38.5 Å². The Labute approximate surface area is 125 Å². The van der Waals surface area contributed by atoms with E-state index in [2.05, 4.69) is 6.07 Å². The second-order valence-electron chi connectivity index (χ2n) is 5.21. The van der Waals surface area contributed by atoms with Gasteiger partial charge in [-0.1, -0.05) is 41.4 Å². The molecule has 2 N–H and O–H groups in total. The molecule has 20 heavy (non-hydrogen) atoms. The zero-order valence-corrected chi connectivity index (χ0v) is 12.9. The number of aryl methyl sites for hydroxylation is 2. The van der Waals surface area contributed by atoms with Crippen LogP contribution in [0.1, 0.15) is 35.2 Å². The van der Waals surface area contributed by atoms with Gasteiger partial charge >= 0.3 is 0 Å². The fourth-order valence-corrected chi connectivity index (χ4v) is 2.37. The zero-order valence-electron chi connectivity index (χ0n) is 12.1. The molecule has 0 bridgehead atoms. The number of hydrogen-bond donors (Lipinski definition) is 1. The van der Waals surface area contributed by atoms with Crippen molar-refractivity contribution in [3.05, 3.63) is 63.7 Å². The van der Waals surface area contributed by atoms with Gasteiger partial charge in [0.2, 0.25) is 0 Å². The average Bonchev–Trinajstić information content (AvgIpc) is 2.38. The van der Waals surface area contributed by atoms with Crippen molar-refractivity contribution < 1.29 is 4.74 Å². The molecule has 0 saturated heterocycles. The Bertz CT molecular complexity index is 608. The highest BCUT2D eigenvalue weighted by Crippen LogP contribution is 2.27. The lowest BCUT2D eigenvalue weighted by atomic mass is 10.1. The van der Waals surface area contributed by atoms with Gasteiger partial charge in [0.1, 0.15) is 12.4 Å². The maximum Gasteiger partial charge on any atom is 0.124 e. The van der Waals surface area contributed by atoms with E-state index in [0.717, 1.165) is 27.5 Å². The molecule has 2 aromatic rings. The van der Waals surface area contributed by atoms with Crippen LogP contribution in [0.3, 0.4) is 0 Å². The van der Waals surface area contributed by atoms with Crippen LogP contribution in [-0.4, -0.2) is 0 Å². The molecule has 0 unspecified atom stereocenters. The van der Waals surface area contributed by atoms with E-state index in [9.17, 15) is 0 Å². The summed E-state index contributed by atoms with van der Waals surface area (Å²) in [4.78, 5) is 0. The van der Waals surface area contributed by atoms with Crippen LogP contribution >= 0.6 is 11.6 Å². The molecule has 0 radical (unpaired) electrons. The molecule has 3 heteroatoms. The number of benzene rings is 2. The fourth-order valence-electron chi connectivity index (χ4n) is 2.08. The molecule has 2 aromatic carbocycles. The molecular weight excluding hydrogens is 270 g/mol. The van der Waals surface area contributed by atoms with Gasteiger partial charge in [-0.3, -0.25) is 0 Å². The lowest BCUT2D eigenvalue weighted by Crippen LogP contribution is -2.08. The normalized spacial score (nSPS) is 12.2. The fraction of sp³-hybridized carbons (Fsp3) is 0.294. The van der Waals surface area contributed by atoms with Gasteiger partial charge < -0.3 is 10.5 Å². The summed E-state index contributed by atoms with van der Waals surface area (Å²) < 4.78 is 5.90. The van der Waals surface area contributed by atoms with E-state index < -0.39 is 0 Å². The number of ether oxygens (including phenoxy) is 1. The van der Waals surface area contributed by atoms with Crippen LogP contribution in [-0.2, 0) is 6.61 Å². The Morgan fingerprint density at radius 2 is 1.75 bits per heavy atom. The van der Waals surface area contributed by atoms with Crippen LogP contribution in [0.4, 0.5) is 0 Å². The predicted octanol–water partition coefficient (Wildman–Crippen LogP) is 4.56. The molecule has 0 aliphatic rings. The minimum absolute atomic E-state index is 0.0570. The maximum absolute atomic E-state index is 6.22. The molecule has 0 aliphatic heterocycles. The highest BCUT2D eigenvalue weighted by Gasteiger charge is 2.09. The largest absolute Gasteiger partial charge is 0.489 e. The Kier molecular flexibility index (Phi) is 4.69. The third-order valence-corrected chi connectivity index (χ3v) is 3.60. The smallest absolute Gasteiger partial charge is 0.124 e. The SMILES string of the molecule is Cc1ccc(COc2ccc(C)cc2[C@@H](C)N)c(Cl)c1. The summed E-state index contributed by atoms with van der Waals surface area (Å²) in [5, 5.41) is 0.736. The molecule has 106 valence electrons. The third kappa shape index (κ3) is 3.53. The quantitative estimate of drug-likeness (QED) is 0.896. The minimum atomic E-state index is -0.0570. The molecule has 0 aliphatic carbocycles. The maximum atomic E-state index is 6.22. The molecule has 0 saturated carbocycles. The van der Waals surface area contributed by atoms with Crippen LogP contribution < -0.4 is 10.5 Å². The summed E-state index contributed by atoms with van der Waals surface area (Å²) in [6.45, 7) is 6.47. The van der Waals surface area contributed by atoms with E-state index >= 15 is 0 Å². The van der Waals surface area contributed by atoms with Gasteiger partial charge in [0.25, 0.3) is 0 Å². The Morgan fingerprint density at radius 3 is 2.40 bits per heavy atom. The first-order chi connectivity index (χ1) is 9.47. The zero-order chi connectivity index (χ0) is 14.7. The highest BCUT2D eigenvalue weighted by molar-refractivity contribution is 6.31. The first-order valence-electron chi connectivity index (χ1n) is 6.71. The van der Waals surface area contributed by atoms with E-state index in [4.69, 9.17) is 22.1 Å². The average molecular weight is 290 g/mol. The monoisotopic (exact) mass is 289 g/mol. The summed E-state index contributed by atoms with van der Waals surface area (Å²) in [6.07, 6.45) is 0. The second-order valence-corrected chi connectivity index (χ2v) is 5.62. The van der Waals surface area contributed by atoms with E-state index in [0.29, 0.717) is 6.61 Å². The van der Waals surface area contributed by atoms with Crippen molar-refractivity contribution in [3.8, 4) is 5.75 Å². The molecule has 0 heterocycles. The van der Waals surface area contributed by atoms with Crippen molar-refractivity contribution in [2.24, 2.45) is 5.73 Å². The Hall–Kier alpha value is -1.51. The molecule has 0 fully saturated rings. The van der Waals surface area contributed by atoms with Gasteiger partial charge in [-0.15, -0.1) is 0 Å². The van der Waals surface area contributed by atoms with Crippen molar-refractivity contribution in [3.63, 3.8) is 0 Å². The summed E-state index contributed by atoms with van der Waals surface area (Å²) in [5.74, 6) is 0.822. The standard InChI is InChI=1S/C17H20ClNO/c1-11-5-7-17(15(8-11)13(3)19)20-10-14-6-4-12(2)9-16(14)18/h4-9,13H,10,19H2,1-3H3/t13-/m1/s1. The van der Waals surface area contributed by atoms with Crippen molar-refractivity contribution in [2.75, 3.05) is 0 Å². The Balaban J connectivity index is 2.18. The van der Waals surface area contributed by atoms with Gasteiger partial charge in [0, 0.05) is 22.2 Å². The summed E-state index contributed by atoms with van der Waals surface area (Å²) in [5.41, 5.74) is 10.3. The second kappa shape index (κ2) is 6.29. The van der Waals surface area contributed by atoms with Crippen LogP contribution in [0.25, 0.3) is 0 Å². The van der Waals surface area contributed by atoms with E-state index in [1.54, 1.807) is 0 Å². The molecule has 1 atom stereocenters.